The quantitative estimate of drug-likeness (QED) is 0.826. The van der Waals surface area contributed by atoms with Crippen molar-refractivity contribution in [2.45, 2.75) is 58.8 Å². The molecule has 0 aliphatic carbocycles. The van der Waals surface area contributed by atoms with Crippen LogP contribution in [-0.2, 0) is 20.9 Å². The standard InChI is InChI=1S/C20H30N2O3/c1-15(2)19(23)21-18(20(24)22-12-8-5-9-13-22)16(3)25-14-17-10-6-4-7-11-17/h4,6-7,10-11,15-16,18H,5,8-9,12-14H2,1-3H3,(H,21,23). The van der Waals surface area contributed by atoms with Gasteiger partial charge in [-0.2, -0.15) is 0 Å². The van der Waals surface area contributed by atoms with Crippen LogP contribution >= 0.6 is 0 Å². The molecule has 25 heavy (non-hydrogen) atoms. The SMILES string of the molecule is CC(C)C(=O)NC(C(=O)N1CCCCC1)C(C)OCc1ccccc1. The van der Waals surface area contributed by atoms with Gasteiger partial charge in [-0.15, -0.1) is 0 Å². The highest BCUT2D eigenvalue weighted by molar-refractivity contribution is 5.88. The summed E-state index contributed by atoms with van der Waals surface area (Å²) in [6.45, 7) is 7.45. The maximum atomic E-state index is 12.9. The van der Waals surface area contributed by atoms with Gasteiger partial charge in [0.1, 0.15) is 6.04 Å². The average molecular weight is 346 g/mol. The number of carbonyl (C=O) groups is 2. The molecule has 2 amide bonds. The highest BCUT2D eigenvalue weighted by atomic mass is 16.5. The minimum atomic E-state index is -0.642. The molecule has 0 saturated carbocycles. The van der Waals surface area contributed by atoms with Crippen LogP contribution in [0.5, 0.6) is 0 Å². The van der Waals surface area contributed by atoms with E-state index in [9.17, 15) is 9.59 Å². The molecule has 0 spiro atoms. The lowest BCUT2D eigenvalue weighted by Gasteiger charge is -2.33. The van der Waals surface area contributed by atoms with Crippen molar-refractivity contribution in [3.8, 4) is 0 Å². The molecule has 1 fully saturated rings. The summed E-state index contributed by atoms with van der Waals surface area (Å²) in [6.07, 6.45) is 2.82. The zero-order valence-electron chi connectivity index (χ0n) is 15.5. The van der Waals surface area contributed by atoms with Crippen molar-refractivity contribution in [3.05, 3.63) is 35.9 Å². The van der Waals surface area contributed by atoms with Crippen LogP contribution in [-0.4, -0.2) is 41.9 Å². The van der Waals surface area contributed by atoms with Gasteiger partial charge in [0, 0.05) is 19.0 Å². The third kappa shape index (κ3) is 5.85. The molecule has 5 heteroatoms. The van der Waals surface area contributed by atoms with Crippen molar-refractivity contribution in [1.29, 1.82) is 0 Å². The van der Waals surface area contributed by atoms with Gasteiger partial charge in [-0.25, -0.2) is 0 Å². The normalized spacial score (nSPS) is 17.2. The van der Waals surface area contributed by atoms with Crippen molar-refractivity contribution in [2.75, 3.05) is 13.1 Å². The molecule has 5 nitrogen and oxygen atoms in total. The Morgan fingerprint density at radius 3 is 2.32 bits per heavy atom. The van der Waals surface area contributed by atoms with Gasteiger partial charge >= 0.3 is 0 Å². The Morgan fingerprint density at radius 2 is 1.72 bits per heavy atom. The first-order valence-corrected chi connectivity index (χ1v) is 9.23. The molecule has 0 radical (unpaired) electrons. The fourth-order valence-corrected chi connectivity index (χ4v) is 2.91. The molecule has 1 aliphatic heterocycles. The van der Waals surface area contributed by atoms with Crippen molar-refractivity contribution in [2.24, 2.45) is 5.92 Å². The van der Waals surface area contributed by atoms with Gasteiger partial charge in [-0.05, 0) is 31.7 Å². The van der Waals surface area contributed by atoms with Gasteiger partial charge in [0.15, 0.2) is 0 Å². The first-order valence-electron chi connectivity index (χ1n) is 9.23. The van der Waals surface area contributed by atoms with Crippen LogP contribution in [0.3, 0.4) is 0 Å². The van der Waals surface area contributed by atoms with Crippen LogP contribution in [0.4, 0.5) is 0 Å². The molecule has 138 valence electrons. The molecule has 1 N–H and O–H groups in total. The van der Waals surface area contributed by atoms with E-state index in [0.29, 0.717) is 6.61 Å². The molecular formula is C20H30N2O3. The van der Waals surface area contributed by atoms with E-state index in [4.69, 9.17) is 4.74 Å². The highest BCUT2D eigenvalue weighted by Crippen LogP contribution is 2.14. The molecule has 2 unspecified atom stereocenters. The summed E-state index contributed by atoms with van der Waals surface area (Å²) >= 11 is 0. The molecule has 0 aromatic heterocycles. The van der Waals surface area contributed by atoms with Crippen molar-refractivity contribution in [1.82, 2.24) is 10.2 Å². The topological polar surface area (TPSA) is 58.6 Å². The summed E-state index contributed by atoms with van der Waals surface area (Å²) in [5.74, 6) is -0.322. The predicted molar refractivity (Wildman–Crippen MR) is 97.9 cm³/mol. The average Bonchev–Trinajstić information content (AvgIpc) is 2.64. The second-order valence-corrected chi connectivity index (χ2v) is 7.03. The number of rotatable bonds is 7. The molecule has 0 bridgehead atoms. The van der Waals surface area contributed by atoms with Crippen molar-refractivity contribution < 1.29 is 14.3 Å². The number of nitrogens with one attached hydrogen (secondary N) is 1. The van der Waals surface area contributed by atoms with E-state index in [1.54, 1.807) is 0 Å². The van der Waals surface area contributed by atoms with Crippen molar-refractivity contribution >= 4 is 11.8 Å². The Morgan fingerprint density at radius 1 is 1.08 bits per heavy atom. The van der Waals surface area contributed by atoms with Crippen LogP contribution in [0.2, 0.25) is 0 Å². The number of ether oxygens (including phenoxy) is 1. The Balaban J connectivity index is 2.03. The first kappa shape index (κ1) is 19.4. The minimum absolute atomic E-state index is 0.0331. The number of nitrogens with zero attached hydrogens (tertiary/aromatic N) is 1. The highest BCUT2D eigenvalue weighted by Gasteiger charge is 2.32. The van der Waals surface area contributed by atoms with Gasteiger partial charge in [0.05, 0.1) is 12.7 Å². The summed E-state index contributed by atoms with van der Waals surface area (Å²) in [4.78, 5) is 27.0. The summed E-state index contributed by atoms with van der Waals surface area (Å²) in [5.41, 5.74) is 1.05. The zero-order chi connectivity index (χ0) is 18.2. The van der Waals surface area contributed by atoms with E-state index >= 15 is 0 Å². The molecule has 1 aromatic rings. The Hall–Kier alpha value is -1.88. The summed E-state index contributed by atoms with van der Waals surface area (Å²) in [6, 6.07) is 9.21. The molecule has 1 saturated heterocycles. The van der Waals surface area contributed by atoms with Crippen LogP contribution in [0, 0.1) is 5.92 Å². The van der Waals surface area contributed by atoms with Gasteiger partial charge in [0.25, 0.3) is 0 Å². The second-order valence-electron chi connectivity index (χ2n) is 7.03. The van der Waals surface area contributed by atoms with E-state index < -0.39 is 12.1 Å². The maximum Gasteiger partial charge on any atom is 0.247 e. The number of hydrogen-bond donors (Lipinski definition) is 1. The van der Waals surface area contributed by atoms with Crippen LogP contribution < -0.4 is 5.32 Å². The van der Waals surface area contributed by atoms with Crippen LogP contribution in [0.1, 0.15) is 45.6 Å². The Bertz CT molecular complexity index is 553. The van der Waals surface area contributed by atoms with Gasteiger partial charge < -0.3 is 15.0 Å². The van der Waals surface area contributed by atoms with Crippen LogP contribution in [0.15, 0.2) is 30.3 Å². The van der Waals surface area contributed by atoms with E-state index in [-0.39, 0.29) is 17.7 Å². The lowest BCUT2D eigenvalue weighted by molar-refractivity contribution is -0.142. The van der Waals surface area contributed by atoms with E-state index in [1.807, 2.05) is 56.0 Å². The Kier molecular flexibility index (Phi) is 7.44. The molecule has 1 aliphatic rings. The third-order valence-corrected chi connectivity index (χ3v) is 4.58. The first-order chi connectivity index (χ1) is 12.0. The van der Waals surface area contributed by atoms with E-state index in [2.05, 4.69) is 5.32 Å². The van der Waals surface area contributed by atoms with Gasteiger partial charge in [-0.3, -0.25) is 9.59 Å². The number of piperidine rings is 1. The number of amides is 2. The molecule has 1 heterocycles. The molecule has 1 aromatic carbocycles. The Labute approximate surface area is 150 Å². The van der Waals surface area contributed by atoms with Crippen molar-refractivity contribution in [3.63, 3.8) is 0 Å². The van der Waals surface area contributed by atoms with Gasteiger partial charge in [-0.1, -0.05) is 44.2 Å². The van der Waals surface area contributed by atoms with Crippen LogP contribution in [0.25, 0.3) is 0 Å². The van der Waals surface area contributed by atoms with E-state index in [1.165, 1.54) is 0 Å². The monoisotopic (exact) mass is 346 g/mol. The zero-order valence-corrected chi connectivity index (χ0v) is 15.5. The number of likely N-dealkylation sites (tertiary alicyclic amines) is 1. The summed E-state index contributed by atoms with van der Waals surface area (Å²) in [5, 5.41) is 2.89. The smallest absolute Gasteiger partial charge is 0.247 e. The summed E-state index contributed by atoms with van der Waals surface area (Å²) < 4.78 is 5.92. The number of carbonyl (C=O) groups excluding carboxylic acids is 2. The lowest BCUT2D eigenvalue weighted by Crippen LogP contribution is -2.55. The van der Waals surface area contributed by atoms with E-state index in [0.717, 1.165) is 37.9 Å². The van der Waals surface area contributed by atoms with Gasteiger partial charge in [0.2, 0.25) is 11.8 Å². The minimum Gasteiger partial charge on any atom is -0.371 e. The molecular weight excluding hydrogens is 316 g/mol. The molecule has 2 atom stereocenters. The second kappa shape index (κ2) is 9.56. The fourth-order valence-electron chi connectivity index (χ4n) is 2.91. The summed E-state index contributed by atoms with van der Waals surface area (Å²) in [7, 11) is 0. The number of benzene rings is 1. The lowest BCUT2D eigenvalue weighted by atomic mass is 10.1. The number of hydrogen-bond acceptors (Lipinski definition) is 3. The predicted octanol–water partition coefficient (Wildman–Crippen LogP) is 2.75. The maximum absolute atomic E-state index is 12.9. The third-order valence-electron chi connectivity index (χ3n) is 4.58. The largest absolute Gasteiger partial charge is 0.371 e. The fraction of sp³-hybridized carbons (Fsp3) is 0.600. The molecule has 2 rings (SSSR count).